The number of nitrogens with one attached hydrogen (secondary N) is 1. The van der Waals surface area contributed by atoms with Crippen molar-refractivity contribution in [3.05, 3.63) is 27.4 Å². The van der Waals surface area contributed by atoms with Crippen LogP contribution in [0.2, 0.25) is 0 Å². The Labute approximate surface area is 129 Å². The number of H-pyrrole nitrogens is 1. The largest absolute Gasteiger partial charge is 0.469 e. The highest BCUT2D eigenvalue weighted by Gasteiger charge is 2.53. The summed E-state index contributed by atoms with van der Waals surface area (Å²) in [4.78, 5) is 30.9. The van der Waals surface area contributed by atoms with Crippen LogP contribution in [0.25, 0.3) is 0 Å². The lowest BCUT2D eigenvalue weighted by Gasteiger charge is -2.27. The summed E-state index contributed by atoms with van der Waals surface area (Å²) < 4.78 is 21.6. The Morgan fingerprint density at radius 1 is 1.59 bits per heavy atom. The third kappa shape index (κ3) is 3.53. The van der Waals surface area contributed by atoms with Crippen LogP contribution in [-0.2, 0) is 13.8 Å². The molecule has 1 aromatic rings. The van der Waals surface area contributed by atoms with Crippen LogP contribution in [0.1, 0.15) is 13.2 Å². The third-order valence-corrected chi connectivity index (χ3v) is 4.06. The van der Waals surface area contributed by atoms with Crippen LogP contribution in [0, 0.1) is 4.77 Å². The number of phosphoric ester groups is 1. The summed E-state index contributed by atoms with van der Waals surface area (Å²) in [7, 11) is -4.74. The monoisotopic (exact) mass is 354 g/mol. The van der Waals surface area contributed by atoms with Gasteiger partial charge in [-0.3, -0.25) is 18.9 Å². The zero-order valence-corrected chi connectivity index (χ0v) is 13.0. The number of rotatable bonds is 4. The highest BCUT2D eigenvalue weighted by Crippen LogP contribution is 2.41. The molecule has 0 amide bonds. The van der Waals surface area contributed by atoms with Gasteiger partial charge in [-0.1, -0.05) is 0 Å². The number of nitrogens with zero attached hydrogens (tertiary/aromatic N) is 1. The molecule has 0 aromatic carbocycles. The maximum atomic E-state index is 11.2. The number of phosphoric acid groups is 1. The van der Waals surface area contributed by atoms with E-state index in [-0.39, 0.29) is 4.77 Å². The normalized spacial score (nSPS) is 32.3. The van der Waals surface area contributed by atoms with Crippen LogP contribution in [0.5, 0.6) is 0 Å². The first-order valence-electron chi connectivity index (χ1n) is 6.10. The molecule has 1 saturated heterocycles. The average Bonchev–Trinajstić information content (AvgIpc) is 2.59. The number of aliphatic hydroxyl groups excluding tert-OH is 1. The quantitative estimate of drug-likeness (QED) is 0.339. The summed E-state index contributed by atoms with van der Waals surface area (Å²) in [6, 6.07) is 1.15. The molecule has 0 saturated carbocycles. The van der Waals surface area contributed by atoms with Gasteiger partial charge in [-0.2, -0.15) is 0 Å². The van der Waals surface area contributed by atoms with E-state index in [9.17, 15) is 19.6 Å². The number of hydrogen-bond donors (Lipinski definition) is 5. The van der Waals surface area contributed by atoms with Crippen molar-refractivity contribution in [3.63, 3.8) is 0 Å². The zero-order valence-electron chi connectivity index (χ0n) is 11.3. The third-order valence-electron chi connectivity index (χ3n) is 3.27. The first kappa shape index (κ1) is 17.4. The highest BCUT2D eigenvalue weighted by atomic mass is 32.1. The second kappa shape index (κ2) is 5.95. The molecule has 0 radical (unpaired) electrons. The number of aliphatic hydroxyl groups is 2. The molecule has 10 nitrogen and oxygen atoms in total. The molecule has 124 valence electrons. The average molecular weight is 354 g/mol. The predicted octanol–water partition coefficient (Wildman–Crippen LogP) is -0.976. The fourth-order valence-corrected chi connectivity index (χ4v) is 2.76. The van der Waals surface area contributed by atoms with Crippen molar-refractivity contribution >= 4 is 20.0 Å². The number of aromatic nitrogens is 2. The maximum absolute atomic E-state index is 11.2. The van der Waals surface area contributed by atoms with Gasteiger partial charge >= 0.3 is 7.82 Å². The van der Waals surface area contributed by atoms with Gasteiger partial charge in [0.05, 0.1) is 6.61 Å². The summed E-state index contributed by atoms with van der Waals surface area (Å²) in [5, 5.41) is 20.4. The van der Waals surface area contributed by atoms with E-state index in [1.165, 1.54) is 17.7 Å². The van der Waals surface area contributed by atoms with E-state index in [1.807, 2.05) is 0 Å². The first-order valence-corrected chi connectivity index (χ1v) is 8.03. The van der Waals surface area contributed by atoms with Crippen molar-refractivity contribution in [1.82, 2.24) is 9.55 Å². The molecule has 1 aliphatic rings. The number of hydrogen-bond acceptors (Lipinski definition) is 7. The van der Waals surface area contributed by atoms with E-state index in [2.05, 4.69) is 9.51 Å². The van der Waals surface area contributed by atoms with E-state index in [0.717, 1.165) is 6.07 Å². The Kier molecular flexibility index (Phi) is 4.71. The Morgan fingerprint density at radius 3 is 2.77 bits per heavy atom. The van der Waals surface area contributed by atoms with Crippen LogP contribution >= 0.6 is 20.0 Å². The van der Waals surface area contributed by atoms with Crippen molar-refractivity contribution < 1.29 is 33.8 Å². The van der Waals surface area contributed by atoms with Gasteiger partial charge in [0.1, 0.15) is 17.8 Å². The van der Waals surface area contributed by atoms with E-state index >= 15 is 0 Å². The number of aromatic amines is 1. The molecule has 5 N–H and O–H groups in total. The Hall–Kier alpha value is -0.910. The Balaban J connectivity index is 2.28. The second-order valence-electron chi connectivity index (χ2n) is 5.00. The molecule has 12 heteroatoms. The van der Waals surface area contributed by atoms with E-state index in [1.54, 1.807) is 0 Å². The van der Waals surface area contributed by atoms with Crippen LogP contribution in [0.15, 0.2) is 17.1 Å². The van der Waals surface area contributed by atoms with Gasteiger partial charge in [-0.05, 0) is 19.1 Å². The van der Waals surface area contributed by atoms with Crippen LogP contribution in [0.3, 0.4) is 0 Å². The van der Waals surface area contributed by atoms with Crippen LogP contribution in [-0.4, -0.2) is 54.0 Å². The molecule has 2 heterocycles. The lowest BCUT2D eigenvalue weighted by molar-refractivity contribution is -0.0978. The van der Waals surface area contributed by atoms with Crippen molar-refractivity contribution in [1.29, 1.82) is 0 Å². The molecular weight excluding hydrogens is 339 g/mol. The van der Waals surface area contributed by atoms with E-state index < -0.39 is 44.0 Å². The summed E-state index contributed by atoms with van der Waals surface area (Å²) in [6.07, 6.45) is -2.57. The fourth-order valence-electron chi connectivity index (χ4n) is 2.16. The molecule has 2 rings (SSSR count). The van der Waals surface area contributed by atoms with Gasteiger partial charge in [-0.25, -0.2) is 4.57 Å². The molecule has 1 aromatic heterocycles. The van der Waals surface area contributed by atoms with Crippen LogP contribution < -0.4 is 5.56 Å². The summed E-state index contributed by atoms with van der Waals surface area (Å²) in [5.41, 5.74) is -2.26. The molecule has 1 aliphatic heterocycles. The first-order chi connectivity index (χ1) is 10.0. The predicted molar refractivity (Wildman–Crippen MR) is 74.4 cm³/mol. The molecule has 0 aliphatic carbocycles. The minimum atomic E-state index is -4.74. The Bertz CT molecular complexity index is 709. The lowest BCUT2D eigenvalue weighted by Crippen LogP contribution is -2.44. The fraction of sp³-hybridized carbons (Fsp3) is 0.600. The zero-order chi connectivity index (χ0) is 16.7. The minimum Gasteiger partial charge on any atom is -0.387 e. The molecule has 22 heavy (non-hydrogen) atoms. The molecule has 0 spiro atoms. The van der Waals surface area contributed by atoms with Gasteiger partial charge in [0, 0.05) is 12.3 Å². The van der Waals surface area contributed by atoms with Gasteiger partial charge < -0.3 is 24.7 Å². The lowest BCUT2D eigenvalue weighted by atomic mass is 9.96. The second-order valence-corrected chi connectivity index (χ2v) is 6.63. The van der Waals surface area contributed by atoms with Crippen molar-refractivity contribution in [3.8, 4) is 0 Å². The molecular formula is C10H15N2O8PS. The van der Waals surface area contributed by atoms with Crippen molar-refractivity contribution in [2.45, 2.75) is 31.0 Å². The summed E-state index contributed by atoms with van der Waals surface area (Å²) in [6.45, 7) is 0.640. The van der Waals surface area contributed by atoms with Gasteiger partial charge in [0.15, 0.2) is 11.0 Å². The maximum Gasteiger partial charge on any atom is 0.469 e. The molecule has 4 atom stereocenters. The smallest absolute Gasteiger partial charge is 0.387 e. The van der Waals surface area contributed by atoms with Crippen LogP contribution in [0.4, 0.5) is 0 Å². The van der Waals surface area contributed by atoms with Crippen molar-refractivity contribution in [2.75, 3.05) is 6.61 Å². The van der Waals surface area contributed by atoms with Gasteiger partial charge in [-0.15, -0.1) is 0 Å². The highest BCUT2D eigenvalue weighted by molar-refractivity contribution is 7.71. The summed E-state index contributed by atoms with van der Waals surface area (Å²) in [5.74, 6) is 0. The molecule has 1 unspecified atom stereocenters. The topological polar surface area (TPSA) is 154 Å². The molecule has 0 bridgehead atoms. The van der Waals surface area contributed by atoms with Crippen molar-refractivity contribution in [2.24, 2.45) is 0 Å². The standard InChI is InChI=1S/C10H15N2O8PS/c1-10(15)7(14)5(4-19-21(16,17)18)20-8(10)12-3-2-6(13)11-9(12)22/h2-3,5,7-8,14-15H,4H2,1H3,(H,11,13,22)(H2,16,17,18)/t5-,7+,8-,10?/m1/s1. The van der Waals surface area contributed by atoms with E-state index in [4.69, 9.17) is 26.7 Å². The minimum absolute atomic E-state index is 0.0402. The number of ether oxygens (including phenoxy) is 1. The molecule has 1 fully saturated rings. The Morgan fingerprint density at radius 2 is 2.23 bits per heavy atom. The van der Waals surface area contributed by atoms with Gasteiger partial charge in [0.2, 0.25) is 0 Å². The SMILES string of the molecule is CC1(O)[C@@H](O)[C@@H](COP(=O)(O)O)O[C@H]1n1ccc(=O)[nH]c1=S. The van der Waals surface area contributed by atoms with Gasteiger partial charge in [0.25, 0.3) is 5.56 Å². The summed E-state index contributed by atoms with van der Waals surface area (Å²) >= 11 is 4.96. The van der Waals surface area contributed by atoms with E-state index in [0.29, 0.717) is 0 Å².